The molecule has 2 saturated carbocycles. The van der Waals surface area contributed by atoms with Gasteiger partial charge in [-0.1, -0.05) is 24.3 Å². The normalized spacial score (nSPS) is 23.9. The quantitative estimate of drug-likeness (QED) is 0.115. The van der Waals surface area contributed by atoms with Gasteiger partial charge in [0.2, 0.25) is 21.8 Å². The van der Waals surface area contributed by atoms with Gasteiger partial charge in [-0.15, -0.1) is 6.58 Å². The Kier molecular flexibility index (Phi) is 11.7. The van der Waals surface area contributed by atoms with E-state index in [0.29, 0.717) is 24.0 Å². The number of ether oxygens (including phenoxy) is 3. The number of hydrogen-bond donors (Lipinski definition) is 3. The molecule has 1 aromatic rings. The largest absolute Gasteiger partial charge is 0.466 e. The fourth-order valence-corrected chi connectivity index (χ4v) is 7.90. The first kappa shape index (κ1) is 40.2. The molecule has 2 aliphatic heterocycles. The summed E-state index contributed by atoms with van der Waals surface area (Å²) in [5.41, 5.74) is -1.63. The van der Waals surface area contributed by atoms with E-state index in [-0.39, 0.29) is 45.3 Å². The molecule has 294 valence electrons. The van der Waals surface area contributed by atoms with Crippen LogP contribution in [-0.2, 0) is 56.5 Å². The van der Waals surface area contributed by atoms with Crippen LogP contribution in [0, 0.1) is 11.7 Å². The van der Waals surface area contributed by atoms with Gasteiger partial charge in [0.15, 0.2) is 0 Å². The van der Waals surface area contributed by atoms with Crippen molar-refractivity contribution in [1.82, 2.24) is 25.2 Å². The van der Waals surface area contributed by atoms with Crippen molar-refractivity contribution in [1.29, 1.82) is 0 Å². The van der Waals surface area contributed by atoms with E-state index in [9.17, 15) is 41.6 Å². The van der Waals surface area contributed by atoms with Crippen molar-refractivity contribution in [3.05, 3.63) is 60.0 Å². The Hall–Kier alpha value is -5.00. The fourth-order valence-electron chi connectivity index (χ4n) is 6.54. The highest BCUT2D eigenvalue weighted by Crippen LogP contribution is 2.45. The Morgan fingerprint density at radius 1 is 1.13 bits per heavy atom. The van der Waals surface area contributed by atoms with Gasteiger partial charge in [0.1, 0.15) is 35.1 Å². The lowest BCUT2D eigenvalue weighted by Gasteiger charge is -2.30. The number of halogens is 1. The molecule has 54 heavy (non-hydrogen) atoms. The summed E-state index contributed by atoms with van der Waals surface area (Å²) in [5, 5.41) is 4.49. The van der Waals surface area contributed by atoms with Gasteiger partial charge in [-0.3, -0.25) is 24.0 Å². The molecule has 1 aromatic carbocycles. The predicted octanol–water partition coefficient (Wildman–Crippen LogP) is 2.32. The number of benzene rings is 1. The van der Waals surface area contributed by atoms with Gasteiger partial charge in [-0.2, -0.15) is 0 Å². The van der Waals surface area contributed by atoms with E-state index in [1.165, 1.54) is 36.3 Å². The summed E-state index contributed by atoms with van der Waals surface area (Å²) in [4.78, 5) is 82.1. The second-order valence-electron chi connectivity index (χ2n) is 14.9. The first-order valence-electron chi connectivity index (χ1n) is 17.6. The molecule has 1 unspecified atom stereocenters. The van der Waals surface area contributed by atoms with Crippen molar-refractivity contribution >= 4 is 45.9 Å². The Morgan fingerprint density at radius 2 is 1.85 bits per heavy atom. The molecule has 5 rings (SSSR count). The number of nitrogens with zero attached hydrogens (tertiary/aromatic N) is 2. The zero-order chi connectivity index (χ0) is 39.6. The summed E-state index contributed by atoms with van der Waals surface area (Å²) in [7, 11) is -2.77. The maximum atomic E-state index is 14.4. The zero-order valence-corrected chi connectivity index (χ0v) is 31.4. The number of amides is 5. The molecule has 0 radical (unpaired) electrons. The summed E-state index contributed by atoms with van der Waals surface area (Å²) in [6, 6.07) is 1.86. The Bertz CT molecular complexity index is 1840. The number of esters is 1. The third-order valence-electron chi connectivity index (χ3n) is 9.62. The van der Waals surface area contributed by atoms with Gasteiger partial charge in [-0.25, -0.2) is 27.2 Å². The number of allylic oxidation sites excluding steroid dienone is 1. The minimum Gasteiger partial charge on any atom is -0.466 e. The summed E-state index contributed by atoms with van der Waals surface area (Å²) in [6.45, 7) is 8.32. The molecule has 2 heterocycles. The average molecular weight is 776 g/mol. The first-order valence-corrected chi connectivity index (χ1v) is 19.2. The van der Waals surface area contributed by atoms with Crippen LogP contribution in [0.25, 0.3) is 0 Å². The summed E-state index contributed by atoms with van der Waals surface area (Å²) in [5.74, 6) is -4.24. The highest BCUT2D eigenvalue weighted by atomic mass is 32.2. The van der Waals surface area contributed by atoms with Crippen LogP contribution in [0.2, 0.25) is 0 Å². The molecule has 2 aliphatic carbocycles. The SMILES string of the molecule is C=C[C@@H]1C[C@]1(NC(=O)[C@@H]1CC(OC(=O)N2Cc3cccc(F)c3C2)CN1C(=O)[C@H](CC/C=C/C(=O)OC)NC(=O)OC(C)(C)C)C(=O)NS(=O)(=O)C1CC1. The molecule has 0 aromatic heterocycles. The third kappa shape index (κ3) is 9.37. The lowest BCUT2D eigenvalue weighted by atomic mass is 10.1. The van der Waals surface area contributed by atoms with E-state index in [2.05, 4.69) is 26.7 Å². The van der Waals surface area contributed by atoms with Crippen LogP contribution in [0.4, 0.5) is 14.0 Å². The number of fused-ring (bicyclic) bond motifs is 1. The molecule has 18 heteroatoms. The molecule has 3 fully saturated rings. The van der Waals surface area contributed by atoms with E-state index < -0.39 is 92.2 Å². The monoisotopic (exact) mass is 775 g/mol. The molecule has 16 nitrogen and oxygen atoms in total. The lowest BCUT2D eigenvalue weighted by molar-refractivity contribution is -0.141. The number of carbonyl (C=O) groups excluding carboxylic acids is 6. The van der Waals surface area contributed by atoms with E-state index in [1.54, 1.807) is 26.8 Å². The topological polar surface area (TPSA) is 207 Å². The average Bonchev–Trinajstić information content (AvgIpc) is 3.99. The van der Waals surface area contributed by atoms with Gasteiger partial charge in [-0.05, 0) is 64.5 Å². The zero-order valence-electron chi connectivity index (χ0n) is 30.6. The second kappa shape index (κ2) is 15.8. The third-order valence-corrected chi connectivity index (χ3v) is 11.4. The number of rotatable bonds is 13. The van der Waals surface area contributed by atoms with Gasteiger partial charge in [0.05, 0.1) is 25.4 Å². The molecule has 5 amide bonds. The number of nitrogens with one attached hydrogen (secondary N) is 3. The standard InChI is InChI=1S/C36H46FN5O11S/c1-6-22-17-36(22,32(46)40-54(49,50)24-14-15-24)39-30(44)28-16-23(52-34(48)41-18-21-10-9-11-26(37)25(21)20-41)19-42(28)31(45)27(12-7-8-13-29(43)51-5)38-33(47)53-35(2,3)4/h6,8-11,13,22-24,27-28H,1,7,12,14-20H2,2-5H3,(H,38,47)(H,39,44)(H,40,46)/b13-8+/t22-,23?,27+,28+,36-/m1/s1. The van der Waals surface area contributed by atoms with Gasteiger partial charge in [0.25, 0.3) is 5.91 Å². The molecule has 0 spiro atoms. The number of methoxy groups -OCH3 is 1. The van der Waals surface area contributed by atoms with Gasteiger partial charge >= 0.3 is 18.2 Å². The van der Waals surface area contributed by atoms with Crippen molar-refractivity contribution in [2.24, 2.45) is 5.92 Å². The van der Waals surface area contributed by atoms with Crippen LogP contribution in [-0.4, -0.2) is 102 Å². The number of alkyl carbamates (subject to hydrolysis) is 1. The predicted molar refractivity (Wildman–Crippen MR) is 189 cm³/mol. The lowest BCUT2D eigenvalue weighted by Crippen LogP contribution is -2.58. The second-order valence-corrected chi connectivity index (χ2v) is 16.8. The van der Waals surface area contributed by atoms with Crippen molar-refractivity contribution in [2.75, 3.05) is 13.7 Å². The van der Waals surface area contributed by atoms with Crippen LogP contribution < -0.4 is 15.4 Å². The van der Waals surface area contributed by atoms with Crippen molar-refractivity contribution in [3.63, 3.8) is 0 Å². The number of hydrogen-bond acceptors (Lipinski definition) is 11. The molecular weight excluding hydrogens is 729 g/mol. The highest BCUT2D eigenvalue weighted by Gasteiger charge is 2.62. The smallest absolute Gasteiger partial charge is 0.410 e. The summed E-state index contributed by atoms with van der Waals surface area (Å²) in [6.07, 6.45) is 1.91. The molecular formula is C36H46FN5O11S. The van der Waals surface area contributed by atoms with E-state index in [0.717, 1.165) is 11.0 Å². The molecule has 4 aliphatic rings. The highest BCUT2D eigenvalue weighted by molar-refractivity contribution is 7.91. The van der Waals surface area contributed by atoms with E-state index >= 15 is 0 Å². The van der Waals surface area contributed by atoms with Crippen molar-refractivity contribution in [3.8, 4) is 0 Å². The van der Waals surface area contributed by atoms with E-state index in [4.69, 9.17) is 9.47 Å². The van der Waals surface area contributed by atoms with Gasteiger partial charge < -0.3 is 29.7 Å². The Morgan fingerprint density at radius 3 is 2.46 bits per heavy atom. The van der Waals surface area contributed by atoms with Crippen molar-refractivity contribution in [2.45, 2.75) is 107 Å². The Labute approximate surface area is 312 Å². The number of carbonyl (C=O) groups is 6. The first-order chi connectivity index (χ1) is 25.4. The summed E-state index contributed by atoms with van der Waals surface area (Å²) >= 11 is 0. The van der Waals surface area contributed by atoms with Crippen LogP contribution in [0.5, 0.6) is 0 Å². The van der Waals surface area contributed by atoms with Crippen LogP contribution in [0.15, 0.2) is 43.0 Å². The van der Waals surface area contributed by atoms with Crippen LogP contribution in [0.1, 0.15) is 70.4 Å². The van der Waals surface area contributed by atoms with Crippen LogP contribution >= 0.6 is 0 Å². The minimum absolute atomic E-state index is 0.0502. The fraction of sp³-hybridized carbons (Fsp3) is 0.556. The van der Waals surface area contributed by atoms with Crippen LogP contribution in [0.3, 0.4) is 0 Å². The number of sulfonamides is 1. The molecule has 0 bridgehead atoms. The maximum Gasteiger partial charge on any atom is 0.410 e. The van der Waals surface area contributed by atoms with Gasteiger partial charge in [0, 0.05) is 30.5 Å². The van der Waals surface area contributed by atoms with Crippen molar-refractivity contribution < 1.29 is 55.8 Å². The maximum absolute atomic E-state index is 14.4. The molecule has 3 N–H and O–H groups in total. The van der Waals surface area contributed by atoms with E-state index in [1.807, 2.05) is 0 Å². The molecule has 1 saturated heterocycles. The molecule has 5 atom stereocenters. The Balaban J connectivity index is 1.38. The number of likely N-dealkylation sites (tertiary alicyclic amines) is 1. The summed E-state index contributed by atoms with van der Waals surface area (Å²) < 4.78 is 57.5. The minimum atomic E-state index is -3.97.